The molecule has 0 saturated carbocycles. The Balaban J connectivity index is 1.89. The van der Waals surface area contributed by atoms with Crippen molar-refractivity contribution in [1.29, 1.82) is 0 Å². The summed E-state index contributed by atoms with van der Waals surface area (Å²) in [4.78, 5) is 24.4. The van der Waals surface area contributed by atoms with E-state index in [-0.39, 0.29) is 18.6 Å². The van der Waals surface area contributed by atoms with Crippen molar-refractivity contribution >= 4 is 11.8 Å². The Labute approximate surface area is 135 Å². The van der Waals surface area contributed by atoms with Crippen molar-refractivity contribution in [1.82, 2.24) is 10.6 Å². The molecule has 7 nitrogen and oxygen atoms in total. The first-order chi connectivity index (χ1) is 10.9. The molecule has 0 aromatic heterocycles. The van der Waals surface area contributed by atoms with Crippen LogP contribution in [0.4, 0.5) is 0 Å². The van der Waals surface area contributed by atoms with Crippen LogP contribution < -0.4 is 20.1 Å². The number of nitrogens with one attached hydrogen (secondary N) is 2. The molecule has 0 aliphatic carbocycles. The Hall–Kier alpha value is -2.28. The molecule has 0 fully saturated rings. The monoisotopic (exact) mass is 322 g/mol. The first-order valence-electron chi connectivity index (χ1n) is 7.39. The number of methoxy groups -OCH3 is 1. The number of amides is 2. The van der Waals surface area contributed by atoms with E-state index in [0.29, 0.717) is 31.2 Å². The second kappa shape index (κ2) is 7.32. The molecule has 1 aromatic carbocycles. The van der Waals surface area contributed by atoms with E-state index >= 15 is 0 Å². The summed E-state index contributed by atoms with van der Waals surface area (Å²) in [6.07, 6.45) is 0. The zero-order valence-corrected chi connectivity index (χ0v) is 13.6. The molecule has 126 valence electrons. The van der Waals surface area contributed by atoms with Crippen LogP contribution in [0.5, 0.6) is 11.5 Å². The molecule has 7 heteroatoms. The lowest BCUT2D eigenvalue weighted by Gasteiger charge is -2.22. The second-order valence-corrected chi connectivity index (χ2v) is 5.74. The van der Waals surface area contributed by atoms with E-state index in [1.54, 1.807) is 27.0 Å². The van der Waals surface area contributed by atoms with Crippen molar-refractivity contribution in [3.05, 3.63) is 23.8 Å². The molecule has 1 aliphatic rings. The maximum atomic E-state index is 12.3. The SMILES string of the molecule is COCCNC(=O)C(C)(C)C(=O)NCc1ccc2c(c1)OCO2. The normalized spacial score (nSPS) is 12.8. The molecule has 1 heterocycles. The van der Waals surface area contributed by atoms with Gasteiger partial charge in [-0.25, -0.2) is 0 Å². The van der Waals surface area contributed by atoms with Crippen LogP contribution in [0.25, 0.3) is 0 Å². The van der Waals surface area contributed by atoms with Crippen molar-refractivity contribution in [3.8, 4) is 11.5 Å². The molecular formula is C16H22N2O5. The lowest BCUT2D eigenvalue weighted by atomic mass is 9.91. The van der Waals surface area contributed by atoms with Gasteiger partial charge in [-0.3, -0.25) is 9.59 Å². The summed E-state index contributed by atoms with van der Waals surface area (Å²) < 4.78 is 15.4. The van der Waals surface area contributed by atoms with Gasteiger partial charge in [0.1, 0.15) is 5.41 Å². The third-order valence-electron chi connectivity index (χ3n) is 3.62. The minimum absolute atomic E-state index is 0.208. The van der Waals surface area contributed by atoms with E-state index in [1.807, 2.05) is 12.1 Å². The van der Waals surface area contributed by atoms with Crippen LogP contribution in [0.1, 0.15) is 19.4 Å². The minimum atomic E-state index is -1.16. The van der Waals surface area contributed by atoms with Crippen LogP contribution in [0, 0.1) is 5.41 Å². The maximum Gasteiger partial charge on any atom is 0.235 e. The van der Waals surface area contributed by atoms with Gasteiger partial charge in [0, 0.05) is 20.2 Å². The summed E-state index contributed by atoms with van der Waals surface area (Å²) in [6.45, 7) is 4.47. The molecule has 1 aliphatic heterocycles. The molecule has 1 aromatic rings. The summed E-state index contributed by atoms with van der Waals surface area (Å²) in [7, 11) is 1.55. The summed E-state index contributed by atoms with van der Waals surface area (Å²) >= 11 is 0. The molecule has 2 amide bonds. The zero-order chi connectivity index (χ0) is 16.9. The van der Waals surface area contributed by atoms with E-state index in [1.165, 1.54) is 0 Å². The molecule has 2 rings (SSSR count). The Morgan fingerprint density at radius 2 is 1.87 bits per heavy atom. The van der Waals surface area contributed by atoms with Gasteiger partial charge in [0.05, 0.1) is 6.61 Å². The number of benzene rings is 1. The number of hydrogen-bond acceptors (Lipinski definition) is 5. The largest absolute Gasteiger partial charge is 0.454 e. The average molecular weight is 322 g/mol. The highest BCUT2D eigenvalue weighted by atomic mass is 16.7. The molecule has 0 radical (unpaired) electrons. The number of fused-ring (bicyclic) bond motifs is 1. The fourth-order valence-corrected chi connectivity index (χ4v) is 2.04. The van der Waals surface area contributed by atoms with Gasteiger partial charge in [-0.2, -0.15) is 0 Å². The van der Waals surface area contributed by atoms with Gasteiger partial charge < -0.3 is 24.8 Å². The highest BCUT2D eigenvalue weighted by Crippen LogP contribution is 2.32. The van der Waals surface area contributed by atoms with E-state index in [2.05, 4.69) is 10.6 Å². The van der Waals surface area contributed by atoms with E-state index in [4.69, 9.17) is 14.2 Å². The van der Waals surface area contributed by atoms with Crippen molar-refractivity contribution in [2.45, 2.75) is 20.4 Å². The zero-order valence-electron chi connectivity index (χ0n) is 13.6. The van der Waals surface area contributed by atoms with Crippen LogP contribution in [0.2, 0.25) is 0 Å². The predicted molar refractivity (Wildman–Crippen MR) is 83.1 cm³/mol. The van der Waals surface area contributed by atoms with Crippen molar-refractivity contribution in [3.63, 3.8) is 0 Å². The van der Waals surface area contributed by atoms with Crippen LogP contribution in [0.3, 0.4) is 0 Å². The van der Waals surface area contributed by atoms with Crippen molar-refractivity contribution in [2.24, 2.45) is 5.41 Å². The lowest BCUT2D eigenvalue weighted by molar-refractivity contribution is -0.141. The van der Waals surface area contributed by atoms with Crippen LogP contribution >= 0.6 is 0 Å². The van der Waals surface area contributed by atoms with Gasteiger partial charge in [0.15, 0.2) is 11.5 Å². The van der Waals surface area contributed by atoms with Gasteiger partial charge in [-0.15, -0.1) is 0 Å². The third-order valence-corrected chi connectivity index (χ3v) is 3.62. The molecule has 23 heavy (non-hydrogen) atoms. The van der Waals surface area contributed by atoms with Crippen molar-refractivity contribution < 1.29 is 23.8 Å². The lowest BCUT2D eigenvalue weighted by Crippen LogP contribution is -2.48. The number of hydrogen-bond donors (Lipinski definition) is 2. The topological polar surface area (TPSA) is 85.9 Å². The molecular weight excluding hydrogens is 300 g/mol. The highest BCUT2D eigenvalue weighted by Gasteiger charge is 2.35. The summed E-state index contributed by atoms with van der Waals surface area (Å²) in [5.74, 6) is 0.675. The Kier molecular flexibility index (Phi) is 5.44. The average Bonchev–Trinajstić information content (AvgIpc) is 3.00. The van der Waals surface area contributed by atoms with Gasteiger partial charge in [0.2, 0.25) is 18.6 Å². The summed E-state index contributed by atoms with van der Waals surface area (Å²) in [6, 6.07) is 5.46. The molecule has 0 unspecified atom stereocenters. The molecule has 0 atom stereocenters. The fourth-order valence-electron chi connectivity index (χ4n) is 2.04. The standard InChI is InChI=1S/C16H22N2O5/c1-16(2,14(19)17-6-7-21-3)15(20)18-9-11-4-5-12-13(8-11)23-10-22-12/h4-5,8H,6-7,9-10H2,1-3H3,(H,17,19)(H,18,20). The van der Waals surface area contributed by atoms with E-state index < -0.39 is 5.41 Å². The summed E-state index contributed by atoms with van der Waals surface area (Å²) in [5.41, 5.74) is -0.289. The maximum absolute atomic E-state index is 12.3. The number of carbonyl (C=O) groups is 2. The molecule has 0 saturated heterocycles. The first kappa shape index (κ1) is 17.1. The first-order valence-corrected chi connectivity index (χ1v) is 7.39. The molecule has 0 spiro atoms. The number of rotatable bonds is 7. The van der Waals surface area contributed by atoms with Crippen LogP contribution in [-0.2, 0) is 20.9 Å². The van der Waals surface area contributed by atoms with Gasteiger partial charge >= 0.3 is 0 Å². The Morgan fingerprint density at radius 1 is 1.17 bits per heavy atom. The molecule has 0 bridgehead atoms. The smallest absolute Gasteiger partial charge is 0.235 e. The number of carbonyl (C=O) groups excluding carboxylic acids is 2. The Morgan fingerprint density at radius 3 is 2.61 bits per heavy atom. The molecule has 2 N–H and O–H groups in total. The number of ether oxygens (including phenoxy) is 3. The van der Waals surface area contributed by atoms with E-state index in [9.17, 15) is 9.59 Å². The van der Waals surface area contributed by atoms with Crippen LogP contribution in [0.15, 0.2) is 18.2 Å². The van der Waals surface area contributed by atoms with Gasteiger partial charge in [-0.1, -0.05) is 6.07 Å². The summed E-state index contributed by atoms with van der Waals surface area (Å²) in [5, 5.41) is 5.45. The third kappa shape index (κ3) is 4.13. The van der Waals surface area contributed by atoms with E-state index in [0.717, 1.165) is 5.56 Å². The Bertz CT molecular complexity index is 586. The fraction of sp³-hybridized carbons (Fsp3) is 0.500. The van der Waals surface area contributed by atoms with Crippen LogP contribution in [-0.4, -0.2) is 38.9 Å². The highest BCUT2D eigenvalue weighted by molar-refractivity contribution is 6.04. The predicted octanol–water partition coefficient (Wildman–Crippen LogP) is 0.820. The van der Waals surface area contributed by atoms with Crippen molar-refractivity contribution in [2.75, 3.05) is 27.1 Å². The van der Waals surface area contributed by atoms with Gasteiger partial charge in [-0.05, 0) is 31.5 Å². The minimum Gasteiger partial charge on any atom is -0.454 e. The quantitative estimate of drug-likeness (QED) is 0.573. The van der Waals surface area contributed by atoms with Gasteiger partial charge in [0.25, 0.3) is 0 Å². The second-order valence-electron chi connectivity index (χ2n) is 5.74.